The van der Waals surface area contributed by atoms with E-state index in [1.54, 1.807) is 6.92 Å². The van der Waals surface area contributed by atoms with E-state index in [0.717, 1.165) is 8.99 Å². The highest BCUT2D eigenvalue weighted by Gasteiger charge is 2.39. The van der Waals surface area contributed by atoms with Crippen molar-refractivity contribution in [2.45, 2.75) is 44.5 Å². The van der Waals surface area contributed by atoms with Gasteiger partial charge in [0.15, 0.2) is 6.10 Å². The molecule has 0 saturated carbocycles. The number of alkyl halides is 3. The summed E-state index contributed by atoms with van der Waals surface area (Å²) in [6, 6.07) is 0. The van der Waals surface area contributed by atoms with Crippen molar-refractivity contribution in [2.75, 3.05) is 13.6 Å². The van der Waals surface area contributed by atoms with E-state index in [4.69, 9.17) is 5.11 Å². The van der Waals surface area contributed by atoms with Crippen molar-refractivity contribution in [1.82, 2.24) is 14.1 Å². The largest absolute Gasteiger partial charge is 0.416 e. The lowest BCUT2D eigenvalue weighted by Crippen LogP contribution is -2.33. The molecule has 6 nitrogen and oxygen atoms in total. The molecule has 1 atom stereocenters. The number of aliphatic hydroxyl groups is 1. The zero-order chi connectivity index (χ0) is 16.6. The predicted molar refractivity (Wildman–Crippen MR) is 69.3 cm³/mol. The molecular weight excluding hydrogens is 311 g/mol. The van der Waals surface area contributed by atoms with Crippen LogP contribution in [0.25, 0.3) is 0 Å². The summed E-state index contributed by atoms with van der Waals surface area (Å²) in [7, 11) is -2.44. The second kappa shape index (κ2) is 5.93. The van der Waals surface area contributed by atoms with E-state index in [0.29, 0.717) is 0 Å². The summed E-state index contributed by atoms with van der Waals surface area (Å²) in [5, 5.41) is 12.9. The van der Waals surface area contributed by atoms with Gasteiger partial charge >= 0.3 is 6.18 Å². The first kappa shape index (κ1) is 17.9. The number of aromatic nitrogens is 2. The molecule has 0 saturated heterocycles. The van der Waals surface area contributed by atoms with Crippen molar-refractivity contribution in [3.05, 3.63) is 11.4 Å². The van der Waals surface area contributed by atoms with Gasteiger partial charge in [-0.05, 0) is 13.8 Å². The molecule has 0 spiro atoms. The molecule has 0 aliphatic rings. The van der Waals surface area contributed by atoms with Gasteiger partial charge in [0.25, 0.3) is 0 Å². The van der Waals surface area contributed by atoms with E-state index in [1.807, 2.05) is 0 Å². The number of aryl methyl sites for hydroxylation is 1. The molecule has 21 heavy (non-hydrogen) atoms. The Morgan fingerprint density at radius 3 is 2.33 bits per heavy atom. The van der Waals surface area contributed by atoms with Crippen LogP contribution in [0.5, 0.6) is 0 Å². The van der Waals surface area contributed by atoms with E-state index in [1.165, 1.54) is 20.9 Å². The highest BCUT2D eigenvalue weighted by molar-refractivity contribution is 7.89. The summed E-state index contributed by atoms with van der Waals surface area (Å²) in [5.74, 6) is 0. The average molecular weight is 329 g/mol. The van der Waals surface area contributed by atoms with Crippen LogP contribution >= 0.6 is 0 Å². The standard InChI is InChI=1S/C11H18F3N3O3S/c1-5-16(4)21(19,20)10-7(2)15-17(8(10)3)6-9(18)11(12,13)14/h9,18H,5-6H2,1-4H3. The number of nitrogens with zero attached hydrogens (tertiary/aromatic N) is 3. The molecule has 0 aromatic carbocycles. The maximum Gasteiger partial charge on any atom is 0.416 e. The first-order valence-corrected chi connectivity index (χ1v) is 7.62. The molecule has 1 aromatic heterocycles. The first-order chi connectivity index (χ1) is 9.42. The molecule has 0 fully saturated rings. The molecule has 122 valence electrons. The molecule has 1 heterocycles. The lowest BCUT2D eigenvalue weighted by atomic mass is 10.3. The number of halogens is 3. The minimum absolute atomic E-state index is 0.0658. The third-order valence-electron chi connectivity index (χ3n) is 3.15. The molecule has 1 unspecified atom stereocenters. The Kier molecular flexibility index (Phi) is 5.06. The number of rotatable bonds is 5. The smallest absolute Gasteiger partial charge is 0.382 e. The van der Waals surface area contributed by atoms with Gasteiger partial charge in [-0.25, -0.2) is 12.7 Å². The van der Waals surface area contributed by atoms with Crippen LogP contribution in [0, 0.1) is 13.8 Å². The Hall–Kier alpha value is -1.13. The molecule has 1 N–H and O–H groups in total. The second-order valence-corrected chi connectivity index (χ2v) is 6.64. The summed E-state index contributed by atoms with van der Waals surface area (Å²) >= 11 is 0. The Balaban J connectivity index is 3.24. The second-order valence-electron chi connectivity index (χ2n) is 4.66. The van der Waals surface area contributed by atoms with Crippen LogP contribution in [-0.4, -0.2) is 53.5 Å². The maximum atomic E-state index is 12.4. The van der Waals surface area contributed by atoms with Gasteiger partial charge in [0.2, 0.25) is 10.0 Å². The molecule has 0 radical (unpaired) electrons. The van der Waals surface area contributed by atoms with Gasteiger partial charge in [-0.2, -0.15) is 18.3 Å². The lowest BCUT2D eigenvalue weighted by molar-refractivity contribution is -0.208. The highest BCUT2D eigenvalue weighted by Crippen LogP contribution is 2.25. The minimum atomic E-state index is -4.79. The van der Waals surface area contributed by atoms with Gasteiger partial charge in [0.1, 0.15) is 4.90 Å². The summed E-state index contributed by atoms with van der Waals surface area (Å²) < 4.78 is 63.6. The molecule has 0 aliphatic heterocycles. The van der Waals surface area contributed by atoms with Crippen LogP contribution in [0.4, 0.5) is 13.2 Å². The van der Waals surface area contributed by atoms with Crippen molar-refractivity contribution in [3.8, 4) is 0 Å². The van der Waals surface area contributed by atoms with Crippen molar-refractivity contribution in [2.24, 2.45) is 0 Å². The van der Waals surface area contributed by atoms with Crippen LogP contribution in [-0.2, 0) is 16.6 Å². The Labute approximate surface area is 121 Å². The average Bonchev–Trinajstić information content (AvgIpc) is 2.62. The Morgan fingerprint density at radius 1 is 1.38 bits per heavy atom. The van der Waals surface area contributed by atoms with Crippen LogP contribution in [0.3, 0.4) is 0 Å². The van der Waals surface area contributed by atoms with E-state index >= 15 is 0 Å². The summed E-state index contributed by atoms with van der Waals surface area (Å²) in [6.07, 6.45) is -7.39. The number of aliphatic hydroxyl groups excluding tert-OH is 1. The van der Waals surface area contributed by atoms with Crippen molar-refractivity contribution < 1.29 is 26.7 Å². The Morgan fingerprint density at radius 2 is 1.90 bits per heavy atom. The van der Waals surface area contributed by atoms with E-state index < -0.39 is 28.8 Å². The topological polar surface area (TPSA) is 75.4 Å². The van der Waals surface area contributed by atoms with Crippen LogP contribution in [0.2, 0.25) is 0 Å². The lowest BCUT2D eigenvalue weighted by Gasteiger charge is -2.16. The summed E-state index contributed by atoms with van der Waals surface area (Å²) in [4.78, 5) is -0.124. The fourth-order valence-electron chi connectivity index (χ4n) is 1.82. The first-order valence-electron chi connectivity index (χ1n) is 6.18. The number of hydrogen-bond acceptors (Lipinski definition) is 4. The summed E-state index contributed by atoms with van der Waals surface area (Å²) in [6.45, 7) is 3.78. The molecular formula is C11H18F3N3O3S. The van der Waals surface area contributed by atoms with Crippen molar-refractivity contribution in [1.29, 1.82) is 0 Å². The number of sulfonamides is 1. The van der Waals surface area contributed by atoms with E-state index in [-0.39, 0.29) is 22.8 Å². The van der Waals surface area contributed by atoms with Crippen LogP contribution in [0.15, 0.2) is 4.90 Å². The third-order valence-corrected chi connectivity index (χ3v) is 5.34. The van der Waals surface area contributed by atoms with Crippen molar-refractivity contribution in [3.63, 3.8) is 0 Å². The normalized spacial score (nSPS) is 14.7. The van der Waals surface area contributed by atoms with Gasteiger partial charge in [-0.15, -0.1) is 0 Å². The predicted octanol–water partition coefficient (Wildman–Crippen LogP) is 1.06. The third kappa shape index (κ3) is 3.55. The monoisotopic (exact) mass is 329 g/mol. The molecule has 10 heteroatoms. The minimum Gasteiger partial charge on any atom is -0.382 e. The zero-order valence-corrected chi connectivity index (χ0v) is 13.0. The maximum absolute atomic E-state index is 12.4. The van der Waals surface area contributed by atoms with Gasteiger partial charge in [-0.3, -0.25) is 4.68 Å². The summed E-state index contributed by atoms with van der Waals surface area (Å²) in [5.41, 5.74) is 0.165. The van der Waals surface area contributed by atoms with Gasteiger partial charge < -0.3 is 5.11 Å². The molecule has 0 aliphatic carbocycles. The highest BCUT2D eigenvalue weighted by atomic mass is 32.2. The fourth-order valence-corrected chi connectivity index (χ4v) is 3.37. The van der Waals surface area contributed by atoms with Gasteiger partial charge in [-0.1, -0.05) is 6.92 Å². The zero-order valence-electron chi connectivity index (χ0n) is 12.1. The van der Waals surface area contributed by atoms with Crippen LogP contribution < -0.4 is 0 Å². The van der Waals surface area contributed by atoms with E-state index in [9.17, 15) is 21.6 Å². The van der Waals surface area contributed by atoms with Gasteiger partial charge in [0, 0.05) is 13.6 Å². The van der Waals surface area contributed by atoms with Crippen molar-refractivity contribution >= 4 is 10.0 Å². The molecule has 0 amide bonds. The fraction of sp³-hybridized carbons (Fsp3) is 0.727. The SMILES string of the molecule is CCN(C)S(=O)(=O)c1c(C)nn(CC(O)C(F)(F)F)c1C. The molecule has 1 rings (SSSR count). The van der Waals surface area contributed by atoms with Gasteiger partial charge in [0.05, 0.1) is 17.9 Å². The molecule has 1 aromatic rings. The Bertz CT molecular complexity index is 610. The quantitative estimate of drug-likeness (QED) is 0.877. The molecule has 0 bridgehead atoms. The van der Waals surface area contributed by atoms with E-state index in [2.05, 4.69) is 5.10 Å². The number of hydrogen-bond donors (Lipinski definition) is 1. The van der Waals surface area contributed by atoms with Crippen LogP contribution in [0.1, 0.15) is 18.3 Å².